The maximum Gasteiger partial charge on any atom is 0.155 e. The zero-order valence-electron chi connectivity index (χ0n) is 10.1. The molecule has 4 nitrogen and oxygen atoms in total. The van der Waals surface area contributed by atoms with Crippen molar-refractivity contribution in [3.63, 3.8) is 0 Å². The molecule has 0 fully saturated rings. The number of rotatable bonds is 1. The predicted molar refractivity (Wildman–Crippen MR) is 78.2 cm³/mol. The highest BCUT2D eigenvalue weighted by Crippen LogP contribution is 2.23. The van der Waals surface area contributed by atoms with Crippen molar-refractivity contribution in [2.24, 2.45) is 0 Å². The molecule has 0 radical (unpaired) electrons. The van der Waals surface area contributed by atoms with E-state index in [4.69, 9.17) is 46.4 Å². The Kier molecular flexibility index (Phi) is 6.72. The first kappa shape index (κ1) is 16.4. The third kappa shape index (κ3) is 5.87. The molecule has 0 unspecified atom stereocenters. The second-order valence-electron chi connectivity index (χ2n) is 3.75. The summed E-state index contributed by atoms with van der Waals surface area (Å²) in [5, 5.41) is 15.7. The van der Waals surface area contributed by atoms with Gasteiger partial charge in [0.25, 0.3) is 0 Å². The number of hydrogen-bond donors (Lipinski definition) is 0. The Bertz CT molecular complexity index is 510. The average molecular weight is 340 g/mol. The van der Waals surface area contributed by atoms with E-state index in [1.165, 1.54) is 0 Å². The molecule has 2 rings (SSSR count). The molecule has 0 amide bonds. The van der Waals surface area contributed by atoms with Crippen molar-refractivity contribution in [2.45, 2.75) is 19.8 Å². The lowest BCUT2D eigenvalue weighted by molar-refractivity contribution is 0.842. The van der Waals surface area contributed by atoms with Gasteiger partial charge in [-0.15, -0.1) is 20.4 Å². The fraction of sp³-hybridized carbons (Fsp3) is 0.273. The average Bonchev–Trinajstić information content (AvgIpc) is 2.36. The SMILES string of the molecule is CC(C)c1cc(Cl)nnc1Cl.Clc1ccc(Cl)nn1. The molecular weight excluding hydrogens is 330 g/mol. The second-order valence-corrected chi connectivity index (χ2v) is 5.27. The van der Waals surface area contributed by atoms with Gasteiger partial charge in [0.15, 0.2) is 20.6 Å². The summed E-state index contributed by atoms with van der Waals surface area (Å²) < 4.78 is 0. The van der Waals surface area contributed by atoms with Crippen molar-refractivity contribution in [3.8, 4) is 0 Å². The van der Waals surface area contributed by atoms with E-state index < -0.39 is 0 Å². The minimum atomic E-state index is 0.329. The molecule has 19 heavy (non-hydrogen) atoms. The second kappa shape index (κ2) is 7.80. The molecular formula is C11H10Cl4N4. The van der Waals surface area contributed by atoms with Gasteiger partial charge in [-0.3, -0.25) is 0 Å². The molecule has 0 aromatic carbocycles. The van der Waals surface area contributed by atoms with Gasteiger partial charge >= 0.3 is 0 Å². The summed E-state index contributed by atoms with van der Waals surface area (Å²) in [4.78, 5) is 0. The van der Waals surface area contributed by atoms with Crippen LogP contribution in [0.1, 0.15) is 25.3 Å². The van der Waals surface area contributed by atoms with Crippen LogP contribution in [0, 0.1) is 0 Å². The van der Waals surface area contributed by atoms with Crippen LogP contribution in [0.5, 0.6) is 0 Å². The van der Waals surface area contributed by atoms with E-state index in [-0.39, 0.29) is 0 Å². The van der Waals surface area contributed by atoms with Crippen LogP contribution in [0.15, 0.2) is 18.2 Å². The molecule has 0 bridgehead atoms. The van der Waals surface area contributed by atoms with Crippen LogP contribution in [0.3, 0.4) is 0 Å². The highest BCUT2D eigenvalue weighted by atomic mass is 35.5. The molecule has 0 atom stereocenters. The first-order valence-electron chi connectivity index (χ1n) is 5.23. The highest BCUT2D eigenvalue weighted by Gasteiger charge is 2.06. The Hall–Kier alpha value is -0.680. The Morgan fingerprint density at radius 2 is 1.26 bits per heavy atom. The van der Waals surface area contributed by atoms with Gasteiger partial charge < -0.3 is 0 Å². The van der Waals surface area contributed by atoms with Gasteiger partial charge in [-0.25, -0.2) is 0 Å². The maximum absolute atomic E-state index is 5.76. The van der Waals surface area contributed by atoms with Crippen molar-refractivity contribution < 1.29 is 0 Å². The van der Waals surface area contributed by atoms with Gasteiger partial charge in [-0.05, 0) is 29.7 Å². The number of aromatic nitrogens is 4. The van der Waals surface area contributed by atoms with Crippen molar-refractivity contribution in [1.29, 1.82) is 0 Å². The Labute approximate surface area is 131 Å². The van der Waals surface area contributed by atoms with E-state index in [9.17, 15) is 0 Å². The van der Waals surface area contributed by atoms with Crippen molar-refractivity contribution in [3.05, 3.63) is 44.4 Å². The van der Waals surface area contributed by atoms with E-state index in [0.717, 1.165) is 5.56 Å². The largest absolute Gasteiger partial charge is 0.155 e. The Morgan fingerprint density at radius 3 is 1.63 bits per heavy atom. The van der Waals surface area contributed by atoms with E-state index in [1.54, 1.807) is 18.2 Å². The zero-order valence-corrected chi connectivity index (χ0v) is 13.1. The molecule has 0 saturated carbocycles. The van der Waals surface area contributed by atoms with Crippen molar-refractivity contribution in [1.82, 2.24) is 20.4 Å². The minimum absolute atomic E-state index is 0.329. The highest BCUT2D eigenvalue weighted by molar-refractivity contribution is 6.32. The number of nitrogens with zero attached hydrogens (tertiary/aromatic N) is 4. The van der Waals surface area contributed by atoms with E-state index >= 15 is 0 Å². The summed E-state index contributed by atoms with van der Waals surface area (Å²) in [5.74, 6) is 0.329. The van der Waals surface area contributed by atoms with Crippen molar-refractivity contribution >= 4 is 46.4 Å². The molecule has 2 heterocycles. The van der Waals surface area contributed by atoms with Crippen LogP contribution in [0.4, 0.5) is 0 Å². The molecule has 0 spiro atoms. The van der Waals surface area contributed by atoms with Crippen LogP contribution in [-0.4, -0.2) is 20.4 Å². The van der Waals surface area contributed by atoms with Crippen LogP contribution in [0.2, 0.25) is 20.6 Å². The summed E-state index contributed by atoms with van der Waals surface area (Å²) in [6.07, 6.45) is 0. The molecule has 102 valence electrons. The van der Waals surface area contributed by atoms with E-state index in [0.29, 0.717) is 26.5 Å². The van der Waals surface area contributed by atoms with E-state index in [1.807, 2.05) is 13.8 Å². The third-order valence-electron chi connectivity index (χ3n) is 1.97. The monoisotopic (exact) mass is 338 g/mol. The van der Waals surface area contributed by atoms with Crippen LogP contribution in [-0.2, 0) is 0 Å². The van der Waals surface area contributed by atoms with Gasteiger partial charge in [0.2, 0.25) is 0 Å². The lowest BCUT2D eigenvalue weighted by Gasteiger charge is -2.05. The summed E-state index contributed by atoms with van der Waals surface area (Å²) in [6.45, 7) is 4.05. The fourth-order valence-electron chi connectivity index (χ4n) is 1.07. The smallest absolute Gasteiger partial charge is 0.137 e. The van der Waals surface area contributed by atoms with E-state index in [2.05, 4.69) is 20.4 Å². The van der Waals surface area contributed by atoms with Gasteiger partial charge in [0.05, 0.1) is 0 Å². The topological polar surface area (TPSA) is 51.6 Å². The molecule has 2 aromatic rings. The molecule has 2 aromatic heterocycles. The summed E-state index contributed by atoms with van der Waals surface area (Å²) in [5.41, 5.74) is 0.937. The zero-order chi connectivity index (χ0) is 14.4. The fourth-order valence-corrected chi connectivity index (χ4v) is 1.74. The maximum atomic E-state index is 5.76. The summed E-state index contributed by atoms with van der Waals surface area (Å²) >= 11 is 22.1. The Balaban J connectivity index is 0.000000200. The quantitative estimate of drug-likeness (QED) is 0.756. The molecule has 0 aliphatic rings. The first-order valence-corrected chi connectivity index (χ1v) is 6.74. The van der Waals surface area contributed by atoms with Crippen LogP contribution < -0.4 is 0 Å². The lowest BCUT2D eigenvalue weighted by Crippen LogP contribution is -1.93. The number of hydrogen-bond acceptors (Lipinski definition) is 4. The van der Waals surface area contributed by atoms with Gasteiger partial charge in [0.1, 0.15) is 0 Å². The molecule has 0 N–H and O–H groups in total. The normalized spacial score (nSPS) is 10.1. The summed E-state index contributed by atoms with van der Waals surface area (Å²) in [7, 11) is 0. The Morgan fingerprint density at radius 1 is 0.789 bits per heavy atom. The third-order valence-corrected chi connectivity index (χ3v) is 2.85. The molecule has 0 saturated heterocycles. The predicted octanol–water partition coefficient (Wildman–Crippen LogP) is 4.69. The molecule has 0 aliphatic carbocycles. The van der Waals surface area contributed by atoms with Crippen LogP contribution in [0.25, 0.3) is 0 Å². The minimum Gasteiger partial charge on any atom is -0.137 e. The van der Waals surface area contributed by atoms with Gasteiger partial charge in [-0.1, -0.05) is 60.3 Å². The molecule has 8 heteroatoms. The standard InChI is InChI=1S/C7H8Cl2N2.C4H2Cl2N2/c1-4(2)5-3-6(8)10-11-7(5)9;5-3-1-2-4(6)8-7-3/h3-4H,1-2H3;1-2H. The number of halogens is 4. The van der Waals surface area contributed by atoms with Crippen LogP contribution >= 0.6 is 46.4 Å². The molecule has 0 aliphatic heterocycles. The van der Waals surface area contributed by atoms with Gasteiger partial charge in [-0.2, -0.15) is 0 Å². The summed E-state index contributed by atoms with van der Waals surface area (Å²) in [6, 6.07) is 4.90. The van der Waals surface area contributed by atoms with Gasteiger partial charge in [0, 0.05) is 0 Å². The lowest BCUT2D eigenvalue weighted by atomic mass is 10.1. The van der Waals surface area contributed by atoms with Crippen molar-refractivity contribution in [2.75, 3.05) is 0 Å². The first-order chi connectivity index (χ1) is 8.90.